The van der Waals surface area contributed by atoms with Gasteiger partial charge in [0.05, 0.1) is 0 Å². The maximum atomic E-state index is 13.0. The first-order valence-corrected chi connectivity index (χ1v) is 7.14. The molecule has 1 aromatic rings. The van der Waals surface area contributed by atoms with E-state index in [0.29, 0.717) is 17.3 Å². The Bertz CT molecular complexity index is 353. The molecule has 0 heterocycles. The lowest BCUT2D eigenvalue weighted by atomic mass is 10.2. The second-order valence-corrected chi connectivity index (χ2v) is 5.58. The molecule has 1 N–H and O–H groups in total. The predicted octanol–water partition coefficient (Wildman–Crippen LogP) is 2.34. The van der Waals surface area contributed by atoms with E-state index in [2.05, 4.69) is 5.32 Å². The molecule has 0 bridgehead atoms. The summed E-state index contributed by atoms with van der Waals surface area (Å²) in [6.07, 6.45) is 2.54. The van der Waals surface area contributed by atoms with Crippen LogP contribution in [0.25, 0.3) is 0 Å². The minimum absolute atomic E-state index is 0.320. The minimum atomic E-state index is -0.742. The lowest BCUT2D eigenvalue weighted by Crippen LogP contribution is -2.16. The zero-order valence-corrected chi connectivity index (χ0v) is 10.7. The van der Waals surface area contributed by atoms with E-state index in [1.165, 1.54) is 12.1 Å². The fourth-order valence-electron chi connectivity index (χ4n) is 1.35. The normalized spacial score (nSPS) is 12.7. The van der Waals surface area contributed by atoms with Crippen LogP contribution in [0, 0.1) is 5.82 Å². The minimum Gasteiger partial charge on any atom is -0.313 e. The standard InChI is InChI=1S/C11H15ClFNOS/c1-16(15)4-2-3-14-8-9-5-10(12)7-11(13)6-9/h5-7,14H,2-4,8H2,1H3. The SMILES string of the molecule is CS(=O)CCCNCc1cc(F)cc(Cl)c1. The van der Waals surface area contributed by atoms with Gasteiger partial charge in [-0.2, -0.15) is 0 Å². The molecule has 0 saturated carbocycles. The number of nitrogens with one attached hydrogen (secondary N) is 1. The van der Waals surface area contributed by atoms with E-state index in [0.717, 1.165) is 18.5 Å². The Kier molecular flexibility index (Phi) is 5.95. The monoisotopic (exact) mass is 263 g/mol. The highest BCUT2D eigenvalue weighted by Gasteiger charge is 1.99. The highest BCUT2D eigenvalue weighted by atomic mass is 35.5. The topological polar surface area (TPSA) is 29.1 Å². The molecule has 0 aromatic heterocycles. The fraction of sp³-hybridized carbons (Fsp3) is 0.455. The van der Waals surface area contributed by atoms with Gasteiger partial charge in [-0.3, -0.25) is 4.21 Å². The Morgan fingerprint density at radius 3 is 2.81 bits per heavy atom. The number of rotatable bonds is 6. The molecule has 0 aliphatic carbocycles. The van der Waals surface area contributed by atoms with Crippen molar-refractivity contribution in [2.24, 2.45) is 0 Å². The van der Waals surface area contributed by atoms with Crippen molar-refractivity contribution in [3.8, 4) is 0 Å². The van der Waals surface area contributed by atoms with Gasteiger partial charge in [0.2, 0.25) is 0 Å². The fourth-order valence-corrected chi connectivity index (χ4v) is 2.14. The molecule has 5 heteroatoms. The maximum absolute atomic E-state index is 13.0. The van der Waals surface area contributed by atoms with Gasteiger partial charge in [-0.1, -0.05) is 11.6 Å². The van der Waals surface area contributed by atoms with Crippen molar-refractivity contribution < 1.29 is 8.60 Å². The molecule has 1 unspecified atom stereocenters. The van der Waals surface area contributed by atoms with E-state index in [1.54, 1.807) is 12.3 Å². The third-order valence-corrected chi connectivity index (χ3v) is 3.12. The zero-order chi connectivity index (χ0) is 12.0. The van der Waals surface area contributed by atoms with Gasteiger partial charge in [-0.05, 0) is 36.7 Å². The molecular weight excluding hydrogens is 249 g/mol. The van der Waals surface area contributed by atoms with Crippen molar-refractivity contribution in [1.29, 1.82) is 0 Å². The molecule has 0 saturated heterocycles. The van der Waals surface area contributed by atoms with Crippen LogP contribution in [0.2, 0.25) is 5.02 Å². The van der Waals surface area contributed by atoms with E-state index in [1.807, 2.05) is 0 Å². The Hall–Kier alpha value is -0.450. The van der Waals surface area contributed by atoms with Crippen LogP contribution in [0.15, 0.2) is 18.2 Å². The summed E-state index contributed by atoms with van der Waals surface area (Å²) in [7, 11) is -0.742. The van der Waals surface area contributed by atoms with Gasteiger partial charge < -0.3 is 5.32 Å². The summed E-state index contributed by atoms with van der Waals surface area (Å²) in [6, 6.07) is 4.47. The number of benzene rings is 1. The van der Waals surface area contributed by atoms with Crippen LogP contribution in [0.4, 0.5) is 4.39 Å². The van der Waals surface area contributed by atoms with Crippen molar-refractivity contribution in [2.75, 3.05) is 18.6 Å². The Balaban J connectivity index is 2.29. The number of hydrogen-bond acceptors (Lipinski definition) is 2. The third kappa shape index (κ3) is 5.58. The van der Waals surface area contributed by atoms with Gasteiger partial charge in [0, 0.05) is 34.4 Å². The van der Waals surface area contributed by atoms with Gasteiger partial charge in [0.15, 0.2) is 0 Å². The second kappa shape index (κ2) is 6.99. The highest BCUT2D eigenvalue weighted by Crippen LogP contribution is 2.13. The molecule has 1 aromatic carbocycles. The molecular formula is C11H15ClFNOS. The van der Waals surface area contributed by atoms with E-state index in [4.69, 9.17) is 11.6 Å². The van der Waals surface area contributed by atoms with Gasteiger partial charge in [-0.25, -0.2) is 4.39 Å². The van der Waals surface area contributed by atoms with Crippen LogP contribution in [-0.4, -0.2) is 22.8 Å². The van der Waals surface area contributed by atoms with E-state index >= 15 is 0 Å². The average molecular weight is 264 g/mol. The summed E-state index contributed by atoms with van der Waals surface area (Å²) in [5.74, 6) is 0.371. The van der Waals surface area contributed by atoms with Crippen molar-refractivity contribution in [3.63, 3.8) is 0 Å². The number of hydrogen-bond donors (Lipinski definition) is 1. The summed E-state index contributed by atoms with van der Waals surface area (Å²) >= 11 is 5.72. The van der Waals surface area contributed by atoms with Crippen molar-refractivity contribution in [1.82, 2.24) is 5.32 Å². The molecule has 0 spiro atoms. The lowest BCUT2D eigenvalue weighted by Gasteiger charge is -2.05. The van der Waals surface area contributed by atoms with Gasteiger partial charge in [-0.15, -0.1) is 0 Å². The summed E-state index contributed by atoms with van der Waals surface area (Å²) in [5, 5.41) is 3.56. The lowest BCUT2D eigenvalue weighted by molar-refractivity contribution is 0.619. The summed E-state index contributed by atoms with van der Waals surface area (Å²) in [6.45, 7) is 1.35. The summed E-state index contributed by atoms with van der Waals surface area (Å²) in [4.78, 5) is 0. The highest BCUT2D eigenvalue weighted by molar-refractivity contribution is 7.84. The molecule has 0 radical (unpaired) electrons. The number of halogens is 2. The van der Waals surface area contributed by atoms with Gasteiger partial charge in [0.25, 0.3) is 0 Å². The first kappa shape index (κ1) is 13.6. The van der Waals surface area contributed by atoms with E-state index in [9.17, 15) is 8.60 Å². The molecule has 0 aliphatic rings. The van der Waals surface area contributed by atoms with E-state index in [-0.39, 0.29) is 5.82 Å². The van der Waals surface area contributed by atoms with Crippen molar-refractivity contribution in [2.45, 2.75) is 13.0 Å². The quantitative estimate of drug-likeness (QED) is 0.799. The van der Waals surface area contributed by atoms with E-state index < -0.39 is 10.8 Å². The molecule has 0 fully saturated rings. The predicted molar refractivity (Wildman–Crippen MR) is 66.7 cm³/mol. The van der Waals surface area contributed by atoms with Crippen LogP contribution in [0.1, 0.15) is 12.0 Å². The van der Waals surface area contributed by atoms with Crippen LogP contribution in [0.5, 0.6) is 0 Å². The molecule has 16 heavy (non-hydrogen) atoms. The van der Waals surface area contributed by atoms with Crippen LogP contribution in [0.3, 0.4) is 0 Å². The summed E-state index contributed by atoms with van der Waals surface area (Å²) < 4.78 is 23.7. The van der Waals surface area contributed by atoms with Crippen molar-refractivity contribution in [3.05, 3.63) is 34.6 Å². The second-order valence-electron chi connectivity index (χ2n) is 3.59. The Morgan fingerprint density at radius 1 is 1.44 bits per heavy atom. The molecule has 0 aliphatic heterocycles. The molecule has 0 amide bonds. The average Bonchev–Trinajstić information content (AvgIpc) is 2.15. The maximum Gasteiger partial charge on any atom is 0.125 e. The first-order valence-electron chi connectivity index (χ1n) is 5.03. The van der Waals surface area contributed by atoms with Crippen molar-refractivity contribution >= 4 is 22.4 Å². The first-order chi connectivity index (χ1) is 7.58. The smallest absolute Gasteiger partial charge is 0.125 e. The third-order valence-electron chi connectivity index (χ3n) is 2.04. The molecule has 1 atom stereocenters. The molecule has 1 rings (SSSR count). The van der Waals surface area contributed by atoms with Crippen LogP contribution >= 0.6 is 11.6 Å². The van der Waals surface area contributed by atoms with Crippen LogP contribution < -0.4 is 5.32 Å². The Morgan fingerprint density at radius 2 is 2.19 bits per heavy atom. The summed E-state index contributed by atoms with van der Waals surface area (Å²) in [5.41, 5.74) is 0.822. The largest absolute Gasteiger partial charge is 0.313 e. The Labute approximate surface area is 103 Å². The van der Waals surface area contributed by atoms with Crippen LogP contribution in [-0.2, 0) is 17.3 Å². The van der Waals surface area contributed by atoms with Gasteiger partial charge in [0.1, 0.15) is 5.82 Å². The zero-order valence-electron chi connectivity index (χ0n) is 9.13. The van der Waals surface area contributed by atoms with Gasteiger partial charge >= 0.3 is 0 Å². The molecule has 2 nitrogen and oxygen atoms in total. The molecule has 90 valence electrons.